The lowest BCUT2D eigenvalue weighted by Crippen LogP contribution is -2.63. The van der Waals surface area contributed by atoms with E-state index in [1.54, 1.807) is 0 Å². The summed E-state index contributed by atoms with van der Waals surface area (Å²) in [6.45, 7) is 3.48. The maximum atomic E-state index is 12.9. The Morgan fingerprint density at radius 2 is 1.82 bits per heavy atom. The van der Waals surface area contributed by atoms with Crippen LogP contribution in [0.2, 0.25) is 0 Å². The van der Waals surface area contributed by atoms with Crippen LogP contribution in [0.5, 0.6) is 0 Å². The van der Waals surface area contributed by atoms with Crippen LogP contribution in [0.3, 0.4) is 0 Å². The number of aliphatic hydroxyl groups is 1. The predicted molar refractivity (Wildman–Crippen MR) is 81.3 cm³/mol. The van der Waals surface area contributed by atoms with Gasteiger partial charge in [-0.25, -0.2) is 0 Å². The molecule has 1 heterocycles. The fourth-order valence-corrected chi connectivity index (χ4v) is 6.11. The summed E-state index contributed by atoms with van der Waals surface area (Å²) in [4.78, 5) is 12.9. The lowest BCUT2D eigenvalue weighted by atomic mass is 9.47. The Labute approximate surface area is 131 Å². The molecule has 3 aliphatic carbocycles. The molecule has 4 fully saturated rings. The van der Waals surface area contributed by atoms with Crippen molar-refractivity contribution in [2.45, 2.75) is 64.1 Å². The Kier molecular flexibility index (Phi) is 3.22. The normalized spacial score (nSPS) is 41.4. The Morgan fingerprint density at radius 3 is 2.45 bits per heavy atom. The number of Topliss-reactive ketones (excluding diaryl/α,β-unsaturated/α-hetero) is 1. The van der Waals surface area contributed by atoms with E-state index >= 15 is 0 Å². The Balaban J connectivity index is 1.79. The van der Waals surface area contributed by atoms with Crippen LogP contribution in [0.4, 0.5) is 0 Å². The highest BCUT2D eigenvalue weighted by Crippen LogP contribution is 2.68. The summed E-state index contributed by atoms with van der Waals surface area (Å²) in [5.74, 6) is 0.0184. The first-order valence-corrected chi connectivity index (χ1v) is 8.74. The van der Waals surface area contributed by atoms with E-state index in [0.29, 0.717) is 31.1 Å². The van der Waals surface area contributed by atoms with Gasteiger partial charge in [-0.1, -0.05) is 19.8 Å². The van der Waals surface area contributed by atoms with Crippen LogP contribution in [-0.4, -0.2) is 29.9 Å². The highest BCUT2D eigenvalue weighted by atomic mass is 16.7. The van der Waals surface area contributed by atoms with Gasteiger partial charge in [-0.2, -0.15) is 0 Å². The highest BCUT2D eigenvalue weighted by molar-refractivity contribution is 6.00. The van der Waals surface area contributed by atoms with Crippen molar-refractivity contribution in [3.63, 3.8) is 0 Å². The fraction of sp³-hybridized carbons (Fsp3) is 0.833. The topological polar surface area (TPSA) is 55.8 Å². The van der Waals surface area contributed by atoms with Crippen LogP contribution in [0, 0.1) is 16.7 Å². The van der Waals surface area contributed by atoms with Gasteiger partial charge in [0, 0.05) is 22.8 Å². The molecule has 4 heteroatoms. The van der Waals surface area contributed by atoms with E-state index in [1.165, 1.54) is 12.8 Å². The molecule has 0 radical (unpaired) electrons. The number of allylic oxidation sites excluding steroid dienone is 1. The lowest BCUT2D eigenvalue weighted by Gasteiger charge is -2.60. The number of ether oxygens (including phenoxy) is 2. The zero-order chi connectivity index (χ0) is 15.4. The third-order valence-electron chi connectivity index (χ3n) is 7.09. The Bertz CT molecular complexity index is 511. The molecule has 0 amide bonds. The molecule has 122 valence electrons. The average Bonchev–Trinajstić information content (AvgIpc) is 3.17. The average molecular weight is 306 g/mol. The number of hydrogen-bond donors (Lipinski definition) is 1. The van der Waals surface area contributed by atoms with E-state index in [9.17, 15) is 9.90 Å². The van der Waals surface area contributed by atoms with Crippen LogP contribution in [-0.2, 0) is 14.3 Å². The molecule has 1 N–H and O–H groups in total. The summed E-state index contributed by atoms with van der Waals surface area (Å²) < 4.78 is 12.4. The van der Waals surface area contributed by atoms with E-state index in [4.69, 9.17) is 9.47 Å². The molecule has 0 bridgehead atoms. The summed E-state index contributed by atoms with van der Waals surface area (Å²) in [7, 11) is 0. The molecule has 1 saturated heterocycles. The Hall–Kier alpha value is -0.870. The van der Waals surface area contributed by atoms with Gasteiger partial charge in [0.2, 0.25) is 0 Å². The van der Waals surface area contributed by atoms with Crippen molar-refractivity contribution < 1.29 is 19.4 Å². The SMILES string of the molecule is C[C@]12CCC3(OCCO3)C3(CCCC3)[C@@H]1CC/C(=C\O)C2=O. The smallest absolute Gasteiger partial charge is 0.174 e. The van der Waals surface area contributed by atoms with Gasteiger partial charge in [0.15, 0.2) is 11.6 Å². The number of aliphatic hydroxyl groups excluding tert-OH is 1. The number of hydrogen-bond acceptors (Lipinski definition) is 4. The van der Waals surface area contributed by atoms with Gasteiger partial charge in [-0.3, -0.25) is 4.79 Å². The largest absolute Gasteiger partial charge is 0.515 e. The molecule has 3 saturated carbocycles. The molecule has 4 rings (SSSR count). The zero-order valence-corrected chi connectivity index (χ0v) is 13.4. The van der Waals surface area contributed by atoms with E-state index < -0.39 is 5.79 Å². The van der Waals surface area contributed by atoms with Crippen molar-refractivity contribution in [3.05, 3.63) is 11.8 Å². The van der Waals surface area contributed by atoms with Crippen LogP contribution < -0.4 is 0 Å². The van der Waals surface area contributed by atoms with Crippen molar-refractivity contribution in [1.82, 2.24) is 0 Å². The Morgan fingerprint density at radius 1 is 1.14 bits per heavy atom. The van der Waals surface area contributed by atoms with Crippen molar-refractivity contribution >= 4 is 5.78 Å². The van der Waals surface area contributed by atoms with Crippen molar-refractivity contribution in [2.24, 2.45) is 16.7 Å². The molecular formula is C18H26O4. The van der Waals surface area contributed by atoms with Crippen molar-refractivity contribution in [2.75, 3.05) is 13.2 Å². The molecule has 4 aliphatic rings. The molecule has 22 heavy (non-hydrogen) atoms. The number of ketones is 1. The van der Waals surface area contributed by atoms with Gasteiger partial charge in [0.05, 0.1) is 19.5 Å². The molecule has 4 nitrogen and oxygen atoms in total. The van der Waals surface area contributed by atoms with E-state index in [0.717, 1.165) is 38.4 Å². The maximum Gasteiger partial charge on any atom is 0.174 e. The van der Waals surface area contributed by atoms with E-state index in [2.05, 4.69) is 6.92 Å². The number of carbonyl (C=O) groups is 1. The first-order valence-electron chi connectivity index (χ1n) is 8.74. The second kappa shape index (κ2) is 4.81. The monoisotopic (exact) mass is 306 g/mol. The summed E-state index contributed by atoms with van der Waals surface area (Å²) in [6, 6.07) is 0. The molecule has 1 aliphatic heterocycles. The second-order valence-electron chi connectivity index (χ2n) is 7.81. The summed E-state index contributed by atoms with van der Waals surface area (Å²) in [5.41, 5.74) is 0.237. The van der Waals surface area contributed by atoms with Gasteiger partial charge in [-0.15, -0.1) is 0 Å². The molecular weight excluding hydrogens is 280 g/mol. The number of carbonyl (C=O) groups excluding carboxylic acids is 1. The lowest BCUT2D eigenvalue weighted by molar-refractivity contribution is -0.291. The van der Waals surface area contributed by atoms with Gasteiger partial charge < -0.3 is 14.6 Å². The minimum Gasteiger partial charge on any atom is -0.515 e. The quantitative estimate of drug-likeness (QED) is 0.549. The van der Waals surface area contributed by atoms with Gasteiger partial charge in [-0.05, 0) is 38.0 Å². The summed E-state index contributed by atoms with van der Waals surface area (Å²) in [5, 5.41) is 9.40. The van der Waals surface area contributed by atoms with Crippen LogP contribution >= 0.6 is 0 Å². The zero-order valence-electron chi connectivity index (χ0n) is 13.4. The van der Waals surface area contributed by atoms with Gasteiger partial charge >= 0.3 is 0 Å². The van der Waals surface area contributed by atoms with E-state index in [1.807, 2.05) is 0 Å². The molecule has 0 aromatic rings. The third kappa shape index (κ3) is 1.63. The standard InChI is InChI=1S/C18H26O4/c1-16-8-9-18(21-10-11-22-18)17(6-2-3-7-17)14(16)5-4-13(12-19)15(16)20/h12,14,19H,2-11H2,1H3/b13-12+/t14-,16+/m1/s1. The third-order valence-corrected chi connectivity index (χ3v) is 7.09. The summed E-state index contributed by atoms with van der Waals surface area (Å²) >= 11 is 0. The maximum absolute atomic E-state index is 12.9. The highest BCUT2D eigenvalue weighted by Gasteiger charge is 2.68. The molecule has 2 atom stereocenters. The minimum absolute atomic E-state index is 0.00680. The number of fused-ring (bicyclic) bond motifs is 3. The van der Waals surface area contributed by atoms with Gasteiger partial charge in [0.25, 0.3) is 0 Å². The molecule has 0 unspecified atom stereocenters. The fourth-order valence-electron chi connectivity index (χ4n) is 6.11. The van der Waals surface area contributed by atoms with Crippen LogP contribution in [0.15, 0.2) is 11.8 Å². The molecule has 0 aromatic heterocycles. The van der Waals surface area contributed by atoms with E-state index in [-0.39, 0.29) is 16.6 Å². The number of rotatable bonds is 0. The predicted octanol–water partition coefficient (Wildman–Crippen LogP) is 3.51. The summed E-state index contributed by atoms with van der Waals surface area (Å²) in [6.07, 6.45) is 8.93. The van der Waals surface area contributed by atoms with Crippen molar-refractivity contribution in [3.8, 4) is 0 Å². The first kappa shape index (κ1) is 14.7. The second-order valence-corrected chi connectivity index (χ2v) is 7.81. The van der Waals surface area contributed by atoms with Crippen LogP contribution in [0.25, 0.3) is 0 Å². The van der Waals surface area contributed by atoms with Crippen molar-refractivity contribution in [1.29, 1.82) is 0 Å². The van der Waals surface area contributed by atoms with Crippen LogP contribution in [0.1, 0.15) is 58.3 Å². The molecule has 0 aromatic carbocycles. The molecule has 2 spiro atoms. The van der Waals surface area contributed by atoms with Gasteiger partial charge in [0.1, 0.15) is 0 Å². The first-order chi connectivity index (χ1) is 10.6. The minimum atomic E-state index is -0.450.